The van der Waals surface area contributed by atoms with Crippen LogP contribution in [-0.2, 0) is 4.79 Å². The highest BCUT2D eigenvalue weighted by atomic mass is 19.4. The van der Waals surface area contributed by atoms with Crippen molar-refractivity contribution in [1.29, 1.82) is 5.26 Å². The van der Waals surface area contributed by atoms with Crippen molar-refractivity contribution in [3.8, 4) is 6.07 Å². The van der Waals surface area contributed by atoms with Gasteiger partial charge in [0.25, 0.3) is 0 Å². The first kappa shape index (κ1) is 20.0. The first-order valence-electron chi connectivity index (χ1n) is 6.50. The number of urea groups is 1. The van der Waals surface area contributed by atoms with Gasteiger partial charge >= 0.3 is 12.2 Å². The van der Waals surface area contributed by atoms with Crippen LogP contribution < -0.4 is 5.32 Å². The summed E-state index contributed by atoms with van der Waals surface area (Å²) in [6.07, 6.45) is -6.46. The van der Waals surface area contributed by atoms with E-state index >= 15 is 0 Å². The quantitative estimate of drug-likeness (QED) is 0.663. The molecular weight excluding hydrogens is 351 g/mol. The normalized spacial score (nSPS) is 11.7. The average Bonchev–Trinajstić information content (AvgIpc) is 2.48. The van der Waals surface area contributed by atoms with Crippen LogP contribution in [0.15, 0.2) is 17.1 Å². The zero-order valence-corrected chi connectivity index (χ0v) is 12.9. The summed E-state index contributed by atoms with van der Waals surface area (Å²) in [5.74, 6) is -3.74. The summed E-state index contributed by atoms with van der Waals surface area (Å²) in [5.41, 5.74) is -3.08. The number of hydrogen-bond donors (Lipinski definition) is 1. The Labute approximate surface area is 138 Å². The van der Waals surface area contributed by atoms with Crippen molar-refractivity contribution >= 4 is 23.3 Å². The van der Waals surface area contributed by atoms with E-state index in [1.54, 1.807) is 5.32 Å². The maximum atomic E-state index is 13.6. The van der Waals surface area contributed by atoms with Gasteiger partial charge in [0, 0.05) is 20.2 Å². The molecule has 0 radical (unpaired) electrons. The highest BCUT2D eigenvalue weighted by molar-refractivity contribution is 6.11. The van der Waals surface area contributed by atoms with Crippen molar-refractivity contribution < 1.29 is 31.5 Å². The van der Waals surface area contributed by atoms with Crippen LogP contribution in [0.2, 0.25) is 0 Å². The van der Waals surface area contributed by atoms with Gasteiger partial charge in [0.05, 0.1) is 17.7 Å². The molecule has 0 aliphatic carbocycles. The Balaban J connectivity index is 3.02. The van der Waals surface area contributed by atoms with Crippen LogP contribution >= 0.6 is 0 Å². The van der Waals surface area contributed by atoms with E-state index in [2.05, 4.69) is 4.99 Å². The van der Waals surface area contributed by atoms with Crippen LogP contribution in [0.5, 0.6) is 0 Å². The molecule has 3 amide bonds. The summed E-state index contributed by atoms with van der Waals surface area (Å²) >= 11 is 0. The van der Waals surface area contributed by atoms with Crippen molar-refractivity contribution in [3.63, 3.8) is 0 Å². The van der Waals surface area contributed by atoms with E-state index < -0.39 is 53.1 Å². The molecule has 11 heteroatoms. The number of alkyl halides is 3. The zero-order chi connectivity index (χ0) is 19.4. The number of anilines is 1. The number of halogens is 5. The molecule has 134 valence electrons. The summed E-state index contributed by atoms with van der Waals surface area (Å²) in [6, 6.07) is 1.07. The number of carbonyl (C=O) groups is 2. The van der Waals surface area contributed by atoms with Crippen LogP contribution in [0.1, 0.15) is 12.0 Å². The molecule has 6 nitrogen and oxygen atoms in total. The van der Waals surface area contributed by atoms with Crippen LogP contribution in [0.3, 0.4) is 0 Å². The molecule has 0 aliphatic rings. The Morgan fingerprint density at radius 3 is 2.32 bits per heavy atom. The Morgan fingerprint density at radius 1 is 1.24 bits per heavy atom. The van der Waals surface area contributed by atoms with Gasteiger partial charge in [0.2, 0.25) is 5.91 Å². The van der Waals surface area contributed by atoms with Gasteiger partial charge in [0.1, 0.15) is 23.4 Å². The maximum absolute atomic E-state index is 13.6. The number of nitriles is 1. The van der Waals surface area contributed by atoms with E-state index in [1.165, 1.54) is 6.07 Å². The number of benzene rings is 1. The summed E-state index contributed by atoms with van der Waals surface area (Å²) < 4.78 is 65.5. The Hall–Kier alpha value is -3.03. The lowest BCUT2D eigenvalue weighted by Gasteiger charge is -2.13. The minimum atomic E-state index is -5.07. The summed E-state index contributed by atoms with van der Waals surface area (Å²) in [4.78, 5) is 26.5. The van der Waals surface area contributed by atoms with Crippen LogP contribution in [0.25, 0.3) is 0 Å². The fourth-order valence-electron chi connectivity index (χ4n) is 1.49. The molecule has 0 unspecified atom stereocenters. The second kappa shape index (κ2) is 7.69. The minimum Gasteiger partial charge on any atom is -0.329 e. The molecule has 0 fully saturated rings. The van der Waals surface area contributed by atoms with Gasteiger partial charge in [0.15, 0.2) is 0 Å². The molecule has 0 heterocycles. The number of carbonyl (C=O) groups excluding carboxylic acids is 2. The molecular formula is C14H11F5N4O2. The highest BCUT2D eigenvalue weighted by Gasteiger charge is 2.38. The van der Waals surface area contributed by atoms with E-state index in [4.69, 9.17) is 5.26 Å². The third-order valence-corrected chi connectivity index (χ3v) is 2.72. The topological polar surface area (TPSA) is 85.6 Å². The van der Waals surface area contributed by atoms with E-state index in [-0.39, 0.29) is 0 Å². The number of nitrogens with zero attached hydrogens (tertiary/aromatic N) is 3. The Morgan fingerprint density at radius 2 is 1.84 bits per heavy atom. The fourth-order valence-corrected chi connectivity index (χ4v) is 1.49. The average molecular weight is 362 g/mol. The molecule has 25 heavy (non-hydrogen) atoms. The largest absolute Gasteiger partial charge is 0.430 e. The molecule has 1 aromatic carbocycles. The van der Waals surface area contributed by atoms with Crippen molar-refractivity contribution in [2.45, 2.75) is 12.6 Å². The third-order valence-electron chi connectivity index (χ3n) is 2.72. The molecule has 0 aromatic heterocycles. The first-order valence-corrected chi connectivity index (χ1v) is 6.50. The van der Waals surface area contributed by atoms with Crippen molar-refractivity contribution in [2.24, 2.45) is 4.99 Å². The Bertz CT molecular complexity index is 766. The lowest BCUT2D eigenvalue weighted by atomic mass is 10.2. The molecule has 1 rings (SSSR count). The van der Waals surface area contributed by atoms with Gasteiger partial charge in [-0.25, -0.2) is 13.6 Å². The highest BCUT2D eigenvalue weighted by Crippen LogP contribution is 2.22. The standard InChI is InChI=1S/C14H11F5N4O2/c1-23(2)13(25)22-11(14(17,18)19)5-12(24)21-10-4-8(15)7(6-20)3-9(10)16/h3-4H,5H2,1-2H3,(H,21,24). The maximum Gasteiger partial charge on any atom is 0.430 e. The second-order valence-electron chi connectivity index (χ2n) is 4.88. The van der Waals surface area contributed by atoms with Crippen LogP contribution in [-0.4, -0.2) is 42.8 Å². The molecule has 0 saturated heterocycles. The predicted molar refractivity (Wildman–Crippen MR) is 76.9 cm³/mol. The molecule has 1 N–H and O–H groups in total. The molecule has 0 atom stereocenters. The summed E-state index contributed by atoms with van der Waals surface area (Å²) in [6.45, 7) is 0. The summed E-state index contributed by atoms with van der Waals surface area (Å²) in [7, 11) is 2.32. The van der Waals surface area contributed by atoms with E-state index in [0.29, 0.717) is 12.1 Å². The van der Waals surface area contributed by atoms with E-state index in [1.807, 2.05) is 0 Å². The predicted octanol–water partition coefficient (Wildman–Crippen LogP) is 2.85. The van der Waals surface area contributed by atoms with Gasteiger partial charge in [-0.1, -0.05) is 0 Å². The SMILES string of the molecule is CN(C)C(=O)N=C(CC(=O)Nc1cc(F)c(C#N)cc1F)C(F)(F)F. The van der Waals surface area contributed by atoms with E-state index in [0.717, 1.165) is 19.0 Å². The van der Waals surface area contributed by atoms with Gasteiger partial charge in [-0.3, -0.25) is 4.79 Å². The zero-order valence-electron chi connectivity index (χ0n) is 12.9. The first-order chi connectivity index (χ1) is 11.5. The number of hydrogen-bond acceptors (Lipinski definition) is 3. The Kier molecular flexibility index (Phi) is 6.16. The lowest BCUT2D eigenvalue weighted by molar-refractivity contribution is -0.116. The van der Waals surface area contributed by atoms with Crippen molar-refractivity contribution in [3.05, 3.63) is 29.3 Å². The van der Waals surface area contributed by atoms with E-state index in [9.17, 15) is 31.5 Å². The third kappa shape index (κ3) is 5.52. The molecule has 0 spiro atoms. The number of amides is 3. The molecule has 0 aliphatic heterocycles. The lowest BCUT2D eigenvalue weighted by Crippen LogP contribution is -2.31. The number of rotatable bonds is 3. The monoisotopic (exact) mass is 362 g/mol. The molecule has 0 bridgehead atoms. The van der Waals surface area contributed by atoms with Gasteiger partial charge in [-0.05, 0) is 6.07 Å². The number of nitrogens with one attached hydrogen (secondary N) is 1. The van der Waals surface area contributed by atoms with Crippen molar-refractivity contribution in [1.82, 2.24) is 4.90 Å². The fraction of sp³-hybridized carbons (Fsp3) is 0.286. The summed E-state index contributed by atoms with van der Waals surface area (Å²) in [5, 5.41) is 10.3. The molecule has 0 saturated carbocycles. The smallest absolute Gasteiger partial charge is 0.329 e. The van der Waals surface area contributed by atoms with Crippen molar-refractivity contribution in [2.75, 3.05) is 19.4 Å². The van der Waals surface area contributed by atoms with Gasteiger partial charge in [-0.2, -0.15) is 23.4 Å². The molecule has 1 aromatic rings. The van der Waals surface area contributed by atoms with Crippen LogP contribution in [0, 0.1) is 23.0 Å². The minimum absolute atomic E-state index is 0.459. The van der Waals surface area contributed by atoms with Gasteiger partial charge in [-0.15, -0.1) is 0 Å². The number of aliphatic imine (C=N–C) groups is 1. The van der Waals surface area contributed by atoms with Crippen LogP contribution in [0.4, 0.5) is 32.4 Å². The second-order valence-corrected chi connectivity index (χ2v) is 4.88. The van der Waals surface area contributed by atoms with Gasteiger partial charge < -0.3 is 10.2 Å².